The molecule has 0 aliphatic carbocycles. The summed E-state index contributed by atoms with van der Waals surface area (Å²) in [6, 6.07) is 7.20. The van der Waals surface area contributed by atoms with Gasteiger partial charge in [0.2, 0.25) is 0 Å². The van der Waals surface area contributed by atoms with Crippen molar-refractivity contribution in [3.8, 4) is 11.5 Å². The van der Waals surface area contributed by atoms with E-state index in [4.69, 9.17) is 4.74 Å². The number of carboxylic acids is 1. The maximum absolute atomic E-state index is 14.7. The number of hydrogen-bond donors (Lipinski definition) is 2. The summed E-state index contributed by atoms with van der Waals surface area (Å²) in [7, 11) is 0. The minimum Gasteiger partial charge on any atom is -0.507 e. The second kappa shape index (κ2) is 19.3. The molecular formula is C46H74O5. The highest BCUT2D eigenvalue weighted by atomic mass is 16.5. The molecule has 0 heterocycles. The second-order valence-electron chi connectivity index (χ2n) is 17.9. The van der Waals surface area contributed by atoms with Crippen molar-refractivity contribution in [1.82, 2.24) is 0 Å². The highest BCUT2D eigenvalue weighted by Gasteiger charge is 2.36. The largest absolute Gasteiger partial charge is 0.507 e. The van der Waals surface area contributed by atoms with Crippen LogP contribution in [0, 0.1) is 0 Å². The van der Waals surface area contributed by atoms with Gasteiger partial charge in [-0.25, -0.2) is 9.59 Å². The van der Waals surface area contributed by atoms with Gasteiger partial charge in [-0.3, -0.25) is 0 Å². The molecule has 0 atom stereocenters. The van der Waals surface area contributed by atoms with Crippen molar-refractivity contribution in [1.29, 1.82) is 0 Å². The Kier molecular flexibility index (Phi) is 16.8. The lowest BCUT2D eigenvalue weighted by atomic mass is 9.73. The lowest BCUT2D eigenvalue weighted by molar-refractivity contribution is 0.0696. The number of phenolic OH excluding ortho intramolecular Hbond substituents is 1. The first-order valence-electron chi connectivity index (χ1n) is 20.3. The van der Waals surface area contributed by atoms with Gasteiger partial charge >= 0.3 is 11.9 Å². The van der Waals surface area contributed by atoms with Gasteiger partial charge in [-0.2, -0.15) is 0 Å². The molecule has 2 aromatic carbocycles. The number of aromatic hydroxyl groups is 1. The lowest BCUT2D eigenvalue weighted by Crippen LogP contribution is -2.27. The molecule has 0 aromatic heterocycles. The number of ether oxygens (including phenoxy) is 1. The summed E-state index contributed by atoms with van der Waals surface area (Å²) < 4.78 is 6.64. The third kappa shape index (κ3) is 12.1. The molecule has 0 bridgehead atoms. The van der Waals surface area contributed by atoms with Gasteiger partial charge in [-0.15, -0.1) is 0 Å². The van der Waals surface area contributed by atoms with Crippen LogP contribution in [0.15, 0.2) is 24.3 Å². The topological polar surface area (TPSA) is 83.8 Å². The number of benzene rings is 2. The molecule has 0 unspecified atom stereocenters. The van der Waals surface area contributed by atoms with Crippen molar-refractivity contribution >= 4 is 11.9 Å². The van der Waals surface area contributed by atoms with Crippen molar-refractivity contribution in [2.75, 3.05) is 0 Å². The predicted octanol–water partition coefficient (Wildman–Crippen LogP) is 13.7. The van der Waals surface area contributed by atoms with Gasteiger partial charge in [-0.05, 0) is 71.6 Å². The maximum atomic E-state index is 14.7. The number of unbranched alkanes of at least 4 members (excludes halogenated alkanes) is 8. The number of carbonyl (C=O) groups is 2. The van der Waals surface area contributed by atoms with Crippen LogP contribution >= 0.6 is 0 Å². The zero-order valence-corrected chi connectivity index (χ0v) is 34.7. The fraction of sp³-hybridized carbons (Fsp3) is 0.696. The lowest BCUT2D eigenvalue weighted by Gasteiger charge is -2.34. The molecule has 0 fully saturated rings. The van der Waals surface area contributed by atoms with E-state index in [2.05, 4.69) is 83.1 Å². The van der Waals surface area contributed by atoms with Crippen molar-refractivity contribution in [3.05, 3.63) is 57.6 Å². The van der Waals surface area contributed by atoms with Crippen molar-refractivity contribution in [2.24, 2.45) is 0 Å². The Morgan fingerprint density at radius 3 is 1.10 bits per heavy atom. The van der Waals surface area contributed by atoms with E-state index in [9.17, 15) is 19.8 Å². The first-order valence-corrected chi connectivity index (χ1v) is 20.3. The van der Waals surface area contributed by atoms with Crippen LogP contribution in [0.5, 0.6) is 11.5 Å². The van der Waals surface area contributed by atoms with Crippen LogP contribution in [0.4, 0.5) is 0 Å². The van der Waals surface area contributed by atoms with E-state index in [0.717, 1.165) is 125 Å². The third-order valence-electron chi connectivity index (χ3n) is 11.4. The molecule has 51 heavy (non-hydrogen) atoms. The first-order chi connectivity index (χ1) is 23.8. The van der Waals surface area contributed by atoms with Crippen LogP contribution < -0.4 is 4.74 Å². The summed E-state index contributed by atoms with van der Waals surface area (Å²) >= 11 is 0. The quantitative estimate of drug-likeness (QED) is 0.0683. The summed E-state index contributed by atoms with van der Waals surface area (Å²) in [6.07, 6.45) is 16.3. The summed E-state index contributed by atoms with van der Waals surface area (Å²) in [6.45, 7) is 26.0. The van der Waals surface area contributed by atoms with Gasteiger partial charge in [0.15, 0.2) is 0 Å². The molecule has 0 amide bonds. The van der Waals surface area contributed by atoms with E-state index in [-0.39, 0.29) is 22.1 Å². The van der Waals surface area contributed by atoms with Gasteiger partial charge in [0.1, 0.15) is 11.5 Å². The Morgan fingerprint density at radius 1 is 0.510 bits per heavy atom. The predicted molar refractivity (Wildman–Crippen MR) is 215 cm³/mol. The summed E-state index contributed by atoms with van der Waals surface area (Å²) in [5, 5.41) is 22.3. The van der Waals surface area contributed by atoms with Crippen LogP contribution in [0.1, 0.15) is 229 Å². The monoisotopic (exact) mass is 707 g/mol. The minimum absolute atomic E-state index is 0.226. The van der Waals surface area contributed by atoms with Crippen molar-refractivity contribution < 1.29 is 24.5 Å². The van der Waals surface area contributed by atoms with Crippen LogP contribution in [0.25, 0.3) is 0 Å². The van der Waals surface area contributed by atoms with Gasteiger partial charge < -0.3 is 14.9 Å². The average Bonchev–Trinajstić information content (AvgIpc) is 3.04. The summed E-state index contributed by atoms with van der Waals surface area (Å²) in [5.41, 5.74) is 2.18. The first kappa shape index (κ1) is 44.3. The fourth-order valence-electron chi connectivity index (χ4n) is 7.61. The Labute approximate surface area is 312 Å². The zero-order valence-electron chi connectivity index (χ0n) is 34.7. The molecular weight excluding hydrogens is 633 g/mol. The number of carboxylic acid groups (broad SMARTS) is 1. The third-order valence-corrected chi connectivity index (χ3v) is 11.4. The molecule has 0 saturated heterocycles. The number of carbonyl (C=O) groups excluding carboxylic acids is 1. The molecule has 5 nitrogen and oxygen atoms in total. The highest BCUT2D eigenvalue weighted by Crippen LogP contribution is 2.47. The van der Waals surface area contributed by atoms with Crippen LogP contribution in [-0.2, 0) is 21.7 Å². The number of rotatable bonds is 23. The standard InChI is InChI=1S/C46H74O5/c1-13-17-21-25-43(5,6)35-31-34(32-36(39(35)47)44(7,8)26-22-18-14-2)42(50)51-40-37(45(9,10)27-23-19-15-3)29-33(41(48)49)30-38(40)46(11,12)28-24-20-16-4/h29-32,47H,13-28H2,1-12H3,(H,48,49). The average molecular weight is 707 g/mol. The Bertz CT molecular complexity index is 1340. The molecule has 0 spiro atoms. The van der Waals surface area contributed by atoms with E-state index < -0.39 is 22.8 Å². The number of hydrogen-bond acceptors (Lipinski definition) is 4. The Morgan fingerprint density at radius 2 is 0.804 bits per heavy atom. The zero-order chi connectivity index (χ0) is 38.6. The van der Waals surface area contributed by atoms with E-state index in [0.29, 0.717) is 11.3 Å². The highest BCUT2D eigenvalue weighted by molar-refractivity contribution is 5.93. The van der Waals surface area contributed by atoms with E-state index in [1.807, 2.05) is 12.1 Å². The molecule has 2 rings (SSSR count). The normalized spacial score (nSPS) is 12.7. The van der Waals surface area contributed by atoms with Crippen molar-refractivity contribution in [2.45, 2.75) is 207 Å². The smallest absolute Gasteiger partial charge is 0.343 e. The Balaban J connectivity index is 2.90. The van der Waals surface area contributed by atoms with Gasteiger partial charge in [0.05, 0.1) is 11.1 Å². The fourth-order valence-corrected chi connectivity index (χ4v) is 7.61. The molecule has 2 aromatic rings. The van der Waals surface area contributed by atoms with Crippen molar-refractivity contribution in [3.63, 3.8) is 0 Å². The van der Waals surface area contributed by atoms with Gasteiger partial charge in [-0.1, -0.05) is 160 Å². The SMILES string of the molecule is CCCCCC(C)(C)c1cc(C(=O)Oc2c(C(C)(C)CCCCC)cc(C(=O)O)cc2C(C)(C)CCCCC)cc(C(C)(C)CCCCC)c1O. The molecule has 288 valence electrons. The Hall–Kier alpha value is -2.82. The van der Waals surface area contributed by atoms with Gasteiger partial charge in [0, 0.05) is 22.3 Å². The van der Waals surface area contributed by atoms with Crippen LogP contribution in [0.3, 0.4) is 0 Å². The molecule has 5 heteroatoms. The van der Waals surface area contributed by atoms with E-state index in [1.165, 1.54) is 0 Å². The molecule has 0 aliphatic heterocycles. The van der Waals surface area contributed by atoms with E-state index in [1.54, 1.807) is 12.1 Å². The molecule has 2 N–H and O–H groups in total. The second-order valence-corrected chi connectivity index (χ2v) is 17.9. The maximum Gasteiger partial charge on any atom is 0.343 e. The van der Waals surface area contributed by atoms with E-state index >= 15 is 0 Å². The number of aromatic carboxylic acids is 1. The molecule has 0 saturated carbocycles. The summed E-state index contributed by atoms with van der Waals surface area (Å²) in [4.78, 5) is 27.3. The van der Waals surface area contributed by atoms with Crippen LogP contribution in [0.2, 0.25) is 0 Å². The van der Waals surface area contributed by atoms with Gasteiger partial charge in [0.25, 0.3) is 0 Å². The minimum atomic E-state index is -0.979. The number of esters is 1. The number of phenols is 1. The molecule has 0 aliphatic rings. The van der Waals surface area contributed by atoms with Crippen LogP contribution in [-0.4, -0.2) is 22.2 Å². The summed E-state index contributed by atoms with van der Waals surface area (Å²) in [5.74, 6) is -0.664. The molecule has 0 radical (unpaired) electrons.